The number of pyridine rings is 1. The van der Waals surface area contributed by atoms with E-state index >= 15 is 0 Å². The Balaban J connectivity index is 1.78. The van der Waals surface area contributed by atoms with Crippen molar-refractivity contribution in [1.29, 1.82) is 0 Å². The third-order valence-corrected chi connectivity index (χ3v) is 3.42. The fourth-order valence-electron chi connectivity index (χ4n) is 2.27. The Morgan fingerprint density at radius 2 is 2.16 bits per heavy atom. The van der Waals surface area contributed by atoms with E-state index in [-0.39, 0.29) is 0 Å². The van der Waals surface area contributed by atoms with Gasteiger partial charge in [-0.3, -0.25) is 0 Å². The van der Waals surface area contributed by atoms with Crippen molar-refractivity contribution in [1.82, 2.24) is 4.98 Å². The highest BCUT2D eigenvalue weighted by molar-refractivity contribution is 5.41. The maximum absolute atomic E-state index is 5.80. The number of nitrogens with zero attached hydrogens (tertiary/aromatic N) is 2. The summed E-state index contributed by atoms with van der Waals surface area (Å²) in [6.45, 7) is 3.47. The van der Waals surface area contributed by atoms with Gasteiger partial charge < -0.3 is 20.1 Å². The molecule has 1 fully saturated rings. The minimum Gasteiger partial charge on any atom is -0.495 e. The summed E-state index contributed by atoms with van der Waals surface area (Å²) in [6.07, 6.45) is 5.19. The average Bonchev–Trinajstić information content (AvgIpc) is 2.48. The molecule has 1 saturated heterocycles. The van der Waals surface area contributed by atoms with Gasteiger partial charge in [-0.25, -0.2) is 4.98 Å². The highest BCUT2D eigenvalue weighted by Gasteiger charge is 2.20. The molecule has 0 spiro atoms. The summed E-state index contributed by atoms with van der Waals surface area (Å²) >= 11 is 0. The SMILES string of the molecule is COc1ccc(N2CCC(OCCCN)CC2)nc1. The van der Waals surface area contributed by atoms with Crippen LogP contribution in [0.25, 0.3) is 0 Å². The molecular formula is C14H23N3O2. The Kier molecular flexibility index (Phi) is 5.42. The first-order valence-corrected chi connectivity index (χ1v) is 6.90. The highest BCUT2D eigenvalue weighted by Crippen LogP contribution is 2.21. The van der Waals surface area contributed by atoms with Gasteiger partial charge in [0, 0.05) is 19.7 Å². The molecule has 106 valence electrons. The molecule has 0 saturated carbocycles. The number of methoxy groups -OCH3 is 1. The number of aromatic nitrogens is 1. The molecule has 0 aromatic carbocycles. The monoisotopic (exact) mass is 265 g/mol. The normalized spacial score (nSPS) is 16.6. The topological polar surface area (TPSA) is 60.6 Å². The molecule has 1 aliphatic rings. The summed E-state index contributed by atoms with van der Waals surface area (Å²) in [5.41, 5.74) is 5.46. The maximum Gasteiger partial charge on any atom is 0.137 e. The second-order valence-electron chi connectivity index (χ2n) is 4.76. The van der Waals surface area contributed by atoms with E-state index in [4.69, 9.17) is 15.2 Å². The van der Waals surface area contributed by atoms with Gasteiger partial charge in [-0.05, 0) is 37.9 Å². The first-order valence-electron chi connectivity index (χ1n) is 6.90. The van der Waals surface area contributed by atoms with Crippen LogP contribution >= 0.6 is 0 Å². The second-order valence-corrected chi connectivity index (χ2v) is 4.76. The molecule has 0 amide bonds. The molecule has 0 aliphatic carbocycles. The zero-order valence-electron chi connectivity index (χ0n) is 11.5. The van der Waals surface area contributed by atoms with Gasteiger partial charge in [-0.2, -0.15) is 0 Å². The first kappa shape index (κ1) is 14.1. The number of anilines is 1. The van der Waals surface area contributed by atoms with E-state index < -0.39 is 0 Å². The van der Waals surface area contributed by atoms with Crippen LogP contribution in [-0.4, -0.2) is 44.4 Å². The van der Waals surface area contributed by atoms with Gasteiger partial charge in [0.25, 0.3) is 0 Å². The Hall–Kier alpha value is -1.33. The van der Waals surface area contributed by atoms with Crippen molar-refractivity contribution in [2.45, 2.75) is 25.4 Å². The van der Waals surface area contributed by atoms with Crippen LogP contribution in [0.4, 0.5) is 5.82 Å². The molecule has 0 bridgehead atoms. The average molecular weight is 265 g/mol. The van der Waals surface area contributed by atoms with Crippen LogP contribution < -0.4 is 15.4 Å². The number of hydrogen-bond donors (Lipinski definition) is 1. The Morgan fingerprint density at radius 1 is 1.37 bits per heavy atom. The molecule has 19 heavy (non-hydrogen) atoms. The molecule has 2 N–H and O–H groups in total. The minimum absolute atomic E-state index is 0.376. The van der Waals surface area contributed by atoms with Crippen LogP contribution in [0.1, 0.15) is 19.3 Å². The lowest BCUT2D eigenvalue weighted by molar-refractivity contribution is 0.0365. The van der Waals surface area contributed by atoms with Crippen molar-refractivity contribution >= 4 is 5.82 Å². The van der Waals surface area contributed by atoms with Crippen molar-refractivity contribution in [2.75, 3.05) is 38.3 Å². The summed E-state index contributed by atoms with van der Waals surface area (Å²) in [5, 5.41) is 0. The number of nitrogens with two attached hydrogens (primary N) is 1. The van der Waals surface area contributed by atoms with E-state index in [9.17, 15) is 0 Å². The maximum atomic E-state index is 5.80. The largest absolute Gasteiger partial charge is 0.495 e. The molecule has 5 heteroatoms. The summed E-state index contributed by atoms with van der Waals surface area (Å²) in [5.74, 6) is 1.81. The Morgan fingerprint density at radius 3 is 2.74 bits per heavy atom. The van der Waals surface area contributed by atoms with Crippen LogP contribution in [-0.2, 0) is 4.74 Å². The molecule has 1 aromatic heterocycles. The third-order valence-electron chi connectivity index (χ3n) is 3.42. The van der Waals surface area contributed by atoms with Crippen LogP contribution in [0.3, 0.4) is 0 Å². The first-order chi connectivity index (χ1) is 9.33. The van der Waals surface area contributed by atoms with Gasteiger partial charge in [-0.15, -0.1) is 0 Å². The quantitative estimate of drug-likeness (QED) is 0.788. The van der Waals surface area contributed by atoms with E-state index in [2.05, 4.69) is 9.88 Å². The van der Waals surface area contributed by atoms with Crippen molar-refractivity contribution in [3.8, 4) is 5.75 Å². The van der Waals surface area contributed by atoms with E-state index in [1.54, 1.807) is 13.3 Å². The van der Waals surface area contributed by atoms with Crippen LogP contribution in [0.2, 0.25) is 0 Å². The zero-order chi connectivity index (χ0) is 13.5. The van der Waals surface area contributed by atoms with Crippen molar-refractivity contribution in [3.63, 3.8) is 0 Å². The number of rotatable bonds is 6. The molecule has 0 radical (unpaired) electrons. The number of ether oxygens (including phenoxy) is 2. The molecule has 0 atom stereocenters. The molecule has 0 unspecified atom stereocenters. The third kappa shape index (κ3) is 4.08. The smallest absolute Gasteiger partial charge is 0.137 e. The van der Waals surface area contributed by atoms with Gasteiger partial charge in [0.1, 0.15) is 11.6 Å². The standard InChI is InChI=1S/C14H23N3O2/c1-18-13-3-4-14(16-11-13)17-8-5-12(6-9-17)19-10-2-7-15/h3-4,11-12H,2,5-10,15H2,1H3. The highest BCUT2D eigenvalue weighted by atomic mass is 16.5. The summed E-state index contributed by atoms with van der Waals surface area (Å²) in [6, 6.07) is 3.96. The van der Waals surface area contributed by atoms with Crippen molar-refractivity contribution in [3.05, 3.63) is 18.3 Å². The molecule has 1 aromatic rings. The van der Waals surface area contributed by atoms with Gasteiger partial charge in [-0.1, -0.05) is 0 Å². The summed E-state index contributed by atoms with van der Waals surface area (Å²) in [7, 11) is 1.65. The van der Waals surface area contributed by atoms with Gasteiger partial charge in [0.2, 0.25) is 0 Å². The van der Waals surface area contributed by atoms with Crippen LogP contribution in [0, 0.1) is 0 Å². The molecule has 2 rings (SSSR count). The second kappa shape index (κ2) is 7.31. The van der Waals surface area contributed by atoms with Crippen molar-refractivity contribution < 1.29 is 9.47 Å². The lowest BCUT2D eigenvalue weighted by Gasteiger charge is -2.32. The summed E-state index contributed by atoms with van der Waals surface area (Å²) < 4.78 is 10.9. The van der Waals surface area contributed by atoms with Gasteiger partial charge in [0.15, 0.2) is 0 Å². The summed E-state index contributed by atoms with van der Waals surface area (Å²) in [4.78, 5) is 6.71. The minimum atomic E-state index is 0.376. The molecule has 2 heterocycles. The van der Waals surface area contributed by atoms with E-state index in [1.807, 2.05) is 12.1 Å². The predicted molar refractivity (Wildman–Crippen MR) is 75.6 cm³/mol. The van der Waals surface area contributed by atoms with E-state index in [0.717, 1.165) is 50.5 Å². The fourth-order valence-corrected chi connectivity index (χ4v) is 2.27. The predicted octanol–water partition coefficient (Wildman–Crippen LogP) is 1.42. The van der Waals surface area contributed by atoms with Crippen LogP contribution in [0.15, 0.2) is 18.3 Å². The van der Waals surface area contributed by atoms with E-state index in [0.29, 0.717) is 12.6 Å². The number of hydrogen-bond acceptors (Lipinski definition) is 5. The van der Waals surface area contributed by atoms with Crippen molar-refractivity contribution in [2.24, 2.45) is 5.73 Å². The lowest BCUT2D eigenvalue weighted by Crippen LogP contribution is -2.37. The fraction of sp³-hybridized carbons (Fsp3) is 0.643. The molecule has 1 aliphatic heterocycles. The lowest BCUT2D eigenvalue weighted by atomic mass is 10.1. The van der Waals surface area contributed by atoms with Gasteiger partial charge in [0.05, 0.1) is 19.4 Å². The molecule has 5 nitrogen and oxygen atoms in total. The Labute approximate surface area is 114 Å². The Bertz CT molecular complexity index is 361. The van der Waals surface area contributed by atoms with Gasteiger partial charge >= 0.3 is 0 Å². The van der Waals surface area contributed by atoms with E-state index in [1.165, 1.54) is 0 Å². The number of piperidine rings is 1. The van der Waals surface area contributed by atoms with Crippen LogP contribution in [0.5, 0.6) is 5.75 Å². The molecular weight excluding hydrogens is 242 g/mol. The zero-order valence-corrected chi connectivity index (χ0v) is 11.5.